The van der Waals surface area contributed by atoms with E-state index in [9.17, 15) is 0 Å². The Hall–Kier alpha value is -0.610. The number of benzene rings is 1. The Morgan fingerprint density at radius 2 is 2.24 bits per heavy atom. The summed E-state index contributed by atoms with van der Waals surface area (Å²) in [5, 5.41) is 4.38. The van der Waals surface area contributed by atoms with E-state index in [1.165, 1.54) is 5.56 Å². The predicted molar refractivity (Wildman–Crippen MR) is 89.0 cm³/mol. The van der Waals surface area contributed by atoms with Gasteiger partial charge in [0, 0.05) is 30.7 Å². The van der Waals surface area contributed by atoms with E-state index in [0.717, 1.165) is 44.2 Å². The second-order valence-corrected chi connectivity index (χ2v) is 6.77. The fraction of sp³-hybridized carbons (Fsp3) is 0.647. The van der Waals surface area contributed by atoms with Gasteiger partial charge in [0.2, 0.25) is 0 Å². The summed E-state index contributed by atoms with van der Waals surface area (Å²) in [7, 11) is 0. The quantitative estimate of drug-likeness (QED) is 0.870. The zero-order valence-electron chi connectivity index (χ0n) is 13.4. The number of hydrogen-bond acceptors (Lipinski definition) is 3. The largest absolute Gasteiger partial charge is 0.373 e. The van der Waals surface area contributed by atoms with Gasteiger partial charge in [-0.2, -0.15) is 0 Å². The van der Waals surface area contributed by atoms with Crippen molar-refractivity contribution in [3.8, 4) is 0 Å². The first-order valence-electron chi connectivity index (χ1n) is 7.85. The van der Waals surface area contributed by atoms with Crippen LogP contribution in [0, 0.1) is 0 Å². The molecule has 0 bridgehead atoms. The molecule has 0 radical (unpaired) electrons. The van der Waals surface area contributed by atoms with Crippen LogP contribution < -0.4 is 5.32 Å². The van der Waals surface area contributed by atoms with Gasteiger partial charge in [-0.15, -0.1) is 0 Å². The minimum atomic E-state index is -0.0258. The highest BCUT2D eigenvalue weighted by atomic mass is 35.5. The summed E-state index contributed by atoms with van der Waals surface area (Å²) in [4.78, 5) is 2.50. The molecule has 1 aliphatic heterocycles. The van der Waals surface area contributed by atoms with E-state index < -0.39 is 0 Å². The van der Waals surface area contributed by atoms with Crippen LogP contribution >= 0.6 is 11.6 Å². The van der Waals surface area contributed by atoms with Gasteiger partial charge in [0.25, 0.3) is 0 Å². The average Bonchev–Trinajstić information content (AvgIpc) is 2.42. The van der Waals surface area contributed by atoms with Crippen molar-refractivity contribution in [2.24, 2.45) is 0 Å². The number of morpholine rings is 1. The Labute approximate surface area is 133 Å². The molecule has 0 aliphatic carbocycles. The lowest BCUT2D eigenvalue weighted by Gasteiger charge is -2.38. The Morgan fingerprint density at radius 3 is 2.90 bits per heavy atom. The van der Waals surface area contributed by atoms with Crippen molar-refractivity contribution in [2.45, 2.75) is 38.8 Å². The molecular weight excluding hydrogens is 284 g/mol. The molecular formula is C17H27ClN2O. The topological polar surface area (TPSA) is 24.5 Å². The van der Waals surface area contributed by atoms with Gasteiger partial charge in [-0.3, -0.25) is 4.90 Å². The third kappa shape index (κ3) is 5.26. The maximum Gasteiger partial charge on any atom is 0.0753 e. The van der Waals surface area contributed by atoms with Crippen LogP contribution in [0.25, 0.3) is 0 Å². The van der Waals surface area contributed by atoms with Crippen molar-refractivity contribution < 1.29 is 4.74 Å². The van der Waals surface area contributed by atoms with Gasteiger partial charge < -0.3 is 10.1 Å². The predicted octanol–water partition coefficient (Wildman–Crippen LogP) is 3.49. The number of nitrogens with zero attached hydrogens (tertiary/aromatic N) is 1. The zero-order chi connectivity index (χ0) is 15.3. The molecule has 1 aromatic rings. The van der Waals surface area contributed by atoms with Gasteiger partial charge in [0.15, 0.2) is 0 Å². The van der Waals surface area contributed by atoms with Crippen LogP contribution in [0.5, 0.6) is 0 Å². The highest BCUT2D eigenvalue weighted by Crippen LogP contribution is 2.22. The first-order chi connectivity index (χ1) is 10.00. The summed E-state index contributed by atoms with van der Waals surface area (Å²) in [5.41, 5.74) is 1.25. The highest BCUT2D eigenvalue weighted by molar-refractivity contribution is 6.30. The maximum atomic E-state index is 6.12. The zero-order valence-corrected chi connectivity index (χ0v) is 14.1. The molecule has 21 heavy (non-hydrogen) atoms. The van der Waals surface area contributed by atoms with Crippen LogP contribution in [-0.4, -0.2) is 43.3 Å². The van der Waals surface area contributed by atoms with Crippen LogP contribution in [0.4, 0.5) is 0 Å². The molecule has 1 aliphatic rings. The van der Waals surface area contributed by atoms with Crippen molar-refractivity contribution in [3.05, 3.63) is 34.9 Å². The molecule has 1 N–H and O–H groups in total. The van der Waals surface area contributed by atoms with Gasteiger partial charge in [-0.1, -0.05) is 30.7 Å². The summed E-state index contributed by atoms with van der Waals surface area (Å²) in [5.74, 6) is 0. The Bertz CT molecular complexity index is 450. The van der Waals surface area contributed by atoms with E-state index >= 15 is 0 Å². The molecule has 1 heterocycles. The SMILES string of the molecule is CCNC(CCN1CCOC(C)(C)C1)c1cccc(Cl)c1. The van der Waals surface area contributed by atoms with E-state index in [4.69, 9.17) is 16.3 Å². The molecule has 1 fully saturated rings. The van der Waals surface area contributed by atoms with Crippen LogP contribution in [0.1, 0.15) is 38.8 Å². The summed E-state index contributed by atoms with van der Waals surface area (Å²) in [6.45, 7) is 11.4. The Balaban J connectivity index is 1.94. The van der Waals surface area contributed by atoms with E-state index in [-0.39, 0.29) is 5.60 Å². The Morgan fingerprint density at radius 1 is 1.43 bits per heavy atom. The molecule has 1 unspecified atom stereocenters. The highest BCUT2D eigenvalue weighted by Gasteiger charge is 2.27. The van der Waals surface area contributed by atoms with Gasteiger partial charge in [-0.05, 0) is 44.5 Å². The molecule has 2 rings (SSSR count). The van der Waals surface area contributed by atoms with Crippen LogP contribution in [0.15, 0.2) is 24.3 Å². The van der Waals surface area contributed by atoms with Crippen molar-refractivity contribution in [3.63, 3.8) is 0 Å². The summed E-state index contributed by atoms with van der Waals surface area (Å²) >= 11 is 6.12. The number of hydrogen-bond donors (Lipinski definition) is 1. The molecule has 0 saturated carbocycles. The van der Waals surface area contributed by atoms with E-state index in [1.54, 1.807) is 0 Å². The lowest BCUT2D eigenvalue weighted by atomic mass is 10.0. The smallest absolute Gasteiger partial charge is 0.0753 e. The molecule has 1 aromatic carbocycles. The van der Waals surface area contributed by atoms with Gasteiger partial charge in [0.1, 0.15) is 0 Å². The standard InChI is InChI=1S/C17H27ClN2O/c1-4-19-16(14-6-5-7-15(18)12-14)8-9-20-10-11-21-17(2,3)13-20/h5-7,12,16,19H,4,8-11,13H2,1-3H3. The molecule has 1 saturated heterocycles. The van der Waals surface area contributed by atoms with Crippen LogP contribution in [0.2, 0.25) is 5.02 Å². The number of rotatable bonds is 6. The minimum Gasteiger partial charge on any atom is -0.373 e. The monoisotopic (exact) mass is 310 g/mol. The van der Waals surface area contributed by atoms with E-state index in [1.807, 2.05) is 12.1 Å². The van der Waals surface area contributed by atoms with E-state index in [2.05, 4.69) is 43.1 Å². The van der Waals surface area contributed by atoms with Crippen molar-refractivity contribution in [2.75, 3.05) is 32.8 Å². The lowest BCUT2D eigenvalue weighted by Crippen LogP contribution is -2.48. The second-order valence-electron chi connectivity index (χ2n) is 6.34. The van der Waals surface area contributed by atoms with Crippen molar-refractivity contribution in [1.29, 1.82) is 0 Å². The molecule has 0 amide bonds. The second kappa shape index (κ2) is 7.59. The molecule has 1 atom stereocenters. The maximum absolute atomic E-state index is 6.12. The number of nitrogens with one attached hydrogen (secondary N) is 1. The normalized spacial score (nSPS) is 20.4. The minimum absolute atomic E-state index is 0.0258. The van der Waals surface area contributed by atoms with Crippen LogP contribution in [0.3, 0.4) is 0 Å². The fourth-order valence-corrected chi connectivity index (χ4v) is 3.17. The summed E-state index contributed by atoms with van der Waals surface area (Å²) in [6.07, 6.45) is 1.09. The number of halogens is 1. The van der Waals surface area contributed by atoms with Crippen LogP contribution in [-0.2, 0) is 4.74 Å². The van der Waals surface area contributed by atoms with Gasteiger partial charge in [0.05, 0.1) is 12.2 Å². The third-order valence-electron chi connectivity index (χ3n) is 3.94. The molecule has 0 spiro atoms. The lowest BCUT2D eigenvalue weighted by molar-refractivity contribution is -0.0864. The molecule has 4 heteroatoms. The number of ether oxygens (including phenoxy) is 1. The Kier molecular flexibility index (Phi) is 6.06. The first-order valence-corrected chi connectivity index (χ1v) is 8.23. The van der Waals surface area contributed by atoms with Gasteiger partial charge in [-0.25, -0.2) is 0 Å². The molecule has 3 nitrogen and oxygen atoms in total. The van der Waals surface area contributed by atoms with Gasteiger partial charge >= 0.3 is 0 Å². The van der Waals surface area contributed by atoms with E-state index in [0.29, 0.717) is 6.04 Å². The van der Waals surface area contributed by atoms with Crippen molar-refractivity contribution >= 4 is 11.6 Å². The fourth-order valence-electron chi connectivity index (χ4n) is 2.97. The molecule has 0 aromatic heterocycles. The average molecular weight is 311 g/mol. The van der Waals surface area contributed by atoms with Crippen molar-refractivity contribution in [1.82, 2.24) is 10.2 Å². The summed E-state index contributed by atoms with van der Waals surface area (Å²) < 4.78 is 5.78. The first kappa shape index (κ1) is 16.8. The third-order valence-corrected chi connectivity index (χ3v) is 4.18. The summed E-state index contributed by atoms with van der Waals surface area (Å²) in [6, 6.07) is 8.54. The molecule has 118 valence electrons.